The van der Waals surface area contributed by atoms with Gasteiger partial charge in [-0.05, 0) is 28.8 Å². The molecule has 1 N–H and O–H groups in total. The molecule has 8 nitrogen and oxygen atoms in total. The first-order chi connectivity index (χ1) is 19.9. The summed E-state index contributed by atoms with van der Waals surface area (Å²) < 4.78 is 15.1. The number of hydrogen-bond acceptors (Lipinski definition) is 7. The standard InChI is InChI=1S/C32H31N3O5S/c1-20-27(19-41-32-33-15-16-34(32)2)39-31(40-28(20)23-11-9-22(18-36)10-12-23)24-13-7-21(8-14-24)17-35-29(37)25-5-3-4-6-26(25)30(35)38/h3-16,20,27-28,31,36H,17-19H2,1-2H3. The summed E-state index contributed by atoms with van der Waals surface area (Å²) in [7, 11) is 1.97. The second-order valence-electron chi connectivity index (χ2n) is 10.4. The van der Waals surface area contributed by atoms with Crippen molar-refractivity contribution in [3.05, 3.63) is 119 Å². The van der Waals surface area contributed by atoms with Crippen LogP contribution in [0.1, 0.15) is 62.3 Å². The van der Waals surface area contributed by atoms with Gasteiger partial charge in [0.15, 0.2) is 11.4 Å². The number of benzene rings is 3. The number of carbonyl (C=O) groups is 2. The number of aromatic nitrogens is 2. The lowest BCUT2D eigenvalue weighted by molar-refractivity contribution is -0.268. The molecule has 1 saturated heterocycles. The summed E-state index contributed by atoms with van der Waals surface area (Å²) in [6.07, 6.45) is 2.78. The molecule has 41 heavy (non-hydrogen) atoms. The first kappa shape index (κ1) is 27.4. The first-order valence-corrected chi connectivity index (χ1v) is 14.6. The summed E-state index contributed by atoms with van der Waals surface area (Å²) >= 11 is 1.65. The van der Waals surface area contributed by atoms with Gasteiger partial charge in [-0.2, -0.15) is 0 Å². The Morgan fingerprint density at radius 2 is 1.51 bits per heavy atom. The second kappa shape index (κ2) is 11.6. The molecule has 2 aliphatic rings. The highest BCUT2D eigenvalue weighted by Gasteiger charge is 2.39. The van der Waals surface area contributed by atoms with Crippen LogP contribution in [0.25, 0.3) is 0 Å². The molecule has 3 heterocycles. The number of thioether (sulfide) groups is 1. The fourth-order valence-corrected chi connectivity index (χ4v) is 6.40. The Balaban J connectivity index is 1.21. The molecule has 6 rings (SSSR count). The molecule has 0 aliphatic carbocycles. The van der Waals surface area contributed by atoms with E-state index in [-0.39, 0.29) is 43.1 Å². The molecule has 0 saturated carbocycles. The number of ether oxygens (including phenoxy) is 2. The van der Waals surface area contributed by atoms with E-state index >= 15 is 0 Å². The van der Waals surface area contributed by atoms with E-state index in [1.54, 1.807) is 42.2 Å². The second-order valence-corrected chi connectivity index (χ2v) is 11.4. The average molecular weight is 570 g/mol. The minimum atomic E-state index is -0.603. The number of imidazole rings is 1. The summed E-state index contributed by atoms with van der Waals surface area (Å²) in [4.78, 5) is 31.4. The highest BCUT2D eigenvalue weighted by Crippen LogP contribution is 2.43. The van der Waals surface area contributed by atoms with E-state index in [9.17, 15) is 14.7 Å². The predicted molar refractivity (Wildman–Crippen MR) is 154 cm³/mol. The van der Waals surface area contributed by atoms with Crippen molar-refractivity contribution in [2.24, 2.45) is 13.0 Å². The molecule has 1 aromatic heterocycles. The number of fused-ring (bicyclic) bond motifs is 1. The maximum atomic E-state index is 12.8. The van der Waals surface area contributed by atoms with Gasteiger partial charge < -0.3 is 19.1 Å². The number of aliphatic hydroxyl groups excluding tert-OH is 1. The van der Waals surface area contributed by atoms with Crippen molar-refractivity contribution in [2.45, 2.75) is 43.7 Å². The Morgan fingerprint density at radius 1 is 0.878 bits per heavy atom. The van der Waals surface area contributed by atoms with Gasteiger partial charge in [-0.1, -0.05) is 79.3 Å². The summed E-state index contributed by atoms with van der Waals surface area (Å²) in [5.74, 6) is 0.220. The van der Waals surface area contributed by atoms with Crippen molar-refractivity contribution < 1.29 is 24.2 Å². The summed E-state index contributed by atoms with van der Waals surface area (Å²) in [6.45, 7) is 2.32. The van der Waals surface area contributed by atoms with E-state index in [1.807, 2.05) is 66.3 Å². The Hall–Kier alpha value is -3.76. The van der Waals surface area contributed by atoms with E-state index in [4.69, 9.17) is 9.47 Å². The number of amides is 2. The number of aryl methyl sites for hydroxylation is 1. The Bertz CT molecular complexity index is 1520. The first-order valence-electron chi connectivity index (χ1n) is 13.6. The van der Waals surface area contributed by atoms with Crippen LogP contribution < -0.4 is 0 Å². The summed E-state index contributed by atoms with van der Waals surface area (Å²) in [5.41, 5.74) is 4.45. The van der Waals surface area contributed by atoms with Crippen molar-refractivity contribution in [1.82, 2.24) is 14.5 Å². The van der Waals surface area contributed by atoms with Crippen molar-refractivity contribution in [3.63, 3.8) is 0 Å². The van der Waals surface area contributed by atoms with Gasteiger partial charge in [0.25, 0.3) is 11.8 Å². The highest BCUT2D eigenvalue weighted by atomic mass is 32.2. The number of nitrogens with zero attached hydrogens (tertiary/aromatic N) is 3. The van der Waals surface area contributed by atoms with Crippen molar-refractivity contribution >= 4 is 23.6 Å². The maximum absolute atomic E-state index is 12.8. The van der Waals surface area contributed by atoms with Crippen molar-refractivity contribution in [3.8, 4) is 0 Å². The highest BCUT2D eigenvalue weighted by molar-refractivity contribution is 7.99. The third-order valence-corrected chi connectivity index (χ3v) is 8.89. The molecule has 1 fully saturated rings. The lowest BCUT2D eigenvalue weighted by Crippen LogP contribution is -2.38. The lowest BCUT2D eigenvalue weighted by atomic mass is 9.91. The summed E-state index contributed by atoms with van der Waals surface area (Å²) in [6, 6.07) is 22.4. The van der Waals surface area contributed by atoms with Crippen LogP contribution in [-0.2, 0) is 29.7 Å². The van der Waals surface area contributed by atoms with E-state index in [0.717, 1.165) is 27.4 Å². The van der Waals surface area contributed by atoms with Crippen molar-refractivity contribution in [2.75, 3.05) is 5.75 Å². The van der Waals surface area contributed by atoms with Gasteiger partial charge in [-0.15, -0.1) is 0 Å². The van der Waals surface area contributed by atoms with Crippen LogP contribution in [0.4, 0.5) is 0 Å². The Morgan fingerprint density at radius 3 is 2.12 bits per heavy atom. The van der Waals surface area contributed by atoms with Gasteiger partial charge >= 0.3 is 0 Å². The van der Waals surface area contributed by atoms with Crippen molar-refractivity contribution in [1.29, 1.82) is 0 Å². The molecule has 4 unspecified atom stereocenters. The smallest absolute Gasteiger partial charge is 0.261 e. The maximum Gasteiger partial charge on any atom is 0.261 e. The largest absolute Gasteiger partial charge is 0.392 e. The fourth-order valence-electron chi connectivity index (χ4n) is 5.30. The Labute approximate surface area is 242 Å². The lowest BCUT2D eigenvalue weighted by Gasteiger charge is -2.41. The molecular weight excluding hydrogens is 538 g/mol. The molecule has 0 radical (unpaired) electrons. The third-order valence-electron chi connectivity index (χ3n) is 7.75. The van der Waals surface area contributed by atoms with E-state index < -0.39 is 6.29 Å². The monoisotopic (exact) mass is 569 g/mol. The summed E-state index contributed by atoms with van der Waals surface area (Å²) in [5, 5.41) is 10.4. The van der Waals surface area contributed by atoms with Gasteiger partial charge in [0, 0.05) is 36.7 Å². The van der Waals surface area contributed by atoms with Crippen LogP contribution in [-0.4, -0.2) is 43.2 Å². The SMILES string of the molecule is CC1C(CSc2nccn2C)OC(c2ccc(CN3C(=O)c4ccccc4C3=O)cc2)OC1c1ccc(CO)cc1. The number of aliphatic hydroxyl groups is 1. The van der Waals surface area contributed by atoms with E-state index in [1.165, 1.54) is 4.90 Å². The zero-order valence-electron chi connectivity index (χ0n) is 22.8. The van der Waals surface area contributed by atoms with Gasteiger partial charge in [-0.25, -0.2) is 4.98 Å². The molecule has 0 spiro atoms. The molecular formula is C32H31N3O5S. The minimum absolute atomic E-state index is 0.0108. The van der Waals surface area contributed by atoms with Crippen LogP contribution in [0.3, 0.4) is 0 Å². The van der Waals surface area contributed by atoms with E-state index in [0.29, 0.717) is 16.9 Å². The third kappa shape index (κ3) is 5.46. The quantitative estimate of drug-likeness (QED) is 0.228. The topological polar surface area (TPSA) is 93.9 Å². The fraction of sp³-hybridized carbons (Fsp3) is 0.281. The number of carbonyl (C=O) groups excluding carboxylic acids is 2. The van der Waals surface area contributed by atoms with Crippen LogP contribution >= 0.6 is 11.8 Å². The van der Waals surface area contributed by atoms with Crippen LogP contribution in [0.5, 0.6) is 0 Å². The van der Waals surface area contributed by atoms with Gasteiger partial charge in [0.1, 0.15) is 0 Å². The Kier molecular flexibility index (Phi) is 7.77. The van der Waals surface area contributed by atoms with Crippen LogP contribution in [0, 0.1) is 5.92 Å². The number of hydrogen-bond donors (Lipinski definition) is 1. The van der Waals surface area contributed by atoms with Gasteiger partial charge in [-0.3, -0.25) is 14.5 Å². The molecule has 9 heteroatoms. The molecule has 210 valence electrons. The molecule has 4 aromatic rings. The molecule has 4 atom stereocenters. The zero-order valence-corrected chi connectivity index (χ0v) is 23.7. The van der Waals surface area contributed by atoms with Gasteiger partial charge in [0.05, 0.1) is 36.5 Å². The minimum Gasteiger partial charge on any atom is -0.392 e. The van der Waals surface area contributed by atoms with E-state index in [2.05, 4.69) is 11.9 Å². The normalized spacial score (nSPS) is 22.3. The van der Waals surface area contributed by atoms with Crippen LogP contribution in [0.2, 0.25) is 0 Å². The predicted octanol–water partition coefficient (Wildman–Crippen LogP) is 5.29. The average Bonchev–Trinajstić information content (AvgIpc) is 3.53. The van der Waals surface area contributed by atoms with Gasteiger partial charge in [0.2, 0.25) is 0 Å². The number of imide groups is 1. The zero-order chi connectivity index (χ0) is 28.5. The van der Waals surface area contributed by atoms with Crippen LogP contribution in [0.15, 0.2) is 90.3 Å². The molecule has 2 aliphatic heterocycles. The molecule has 0 bridgehead atoms. The molecule has 2 amide bonds. The molecule has 3 aromatic carbocycles. The number of rotatable bonds is 8.